The van der Waals surface area contributed by atoms with E-state index in [-0.39, 0.29) is 17.0 Å². The number of alkyl halides is 3. The van der Waals surface area contributed by atoms with Crippen molar-refractivity contribution in [2.75, 3.05) is 13.6 Å². The topological polar surface area (TPSA) is 58.6 Å². The zero-order valence-corrected chi connectivity index (χ0v) is 16.4. The maximum Gasteiger partial charge on any atom is 0.573 e. The first-order chi connectivity index (χ1) is 13.0. The summed E-state index contributed by atoms with van der Waals surface area (Å²) in [6.07, 6.45) is -4.24. The number of nitrogens with one attached hydrogen (secondary N) is 1. The number of likely N-dealkylation sites (N-methyl/N-ethyl adjacent to an activating group) is 1. The van der Waals surface area contributed by atoms with Gasteiger partial charge in [0.25, 0.3) is 0 Å². The van der Waals surface area contributed by atoms with Crippen LogP contribution in [0, 0.1) is 0 Å². The van der Waals surface area contributed by atoms with E-state index in [0.29, 0.717) is 18.0 Å². The molecule has 2 aromatic carbocycles. The van der Waals surface area contributed by atoms with Gasteiger partial charge in [-0.3, -0.25) is 4.90 Å². The van der Waals surface area contributed by atoms with Gasteiger partial charge in [0.2, 0.25) is 10.0 Å². The van der Waals surface area contributed by atoms with Crippen molar-refractivity contribution in [3.63, 3.8) is 0 Å². The number of hydrogen-bond acceptors (Lipinski definition) is 4. The molecule has 1 N–H and O–H groups in total. The summed E-state index contributed by atoms with van der Waals surface area (Å²) in [4.78, 5) is 1.91. The number of sulfonamides is 1. The number of nitrogens with zero attached hydrogens (tertiary/aromatic N) is 1. The Morgan fingerprint density at radius 1 is 1.11 bits per heavy atom. The maximum absolute atomic E-state index is 12.7. The van der Waals surface area contributed by atoms with Crippen LogP contribution < -0.4 is 9.46 Å². The third-order valence-corrected chi connectivity index (χ3v) is 6.29. The van der Waals surface area contributed by atoms with Crippen LogP contribution in [0.3, 0.4) is 0 Å². The minimum Gasteiger partial charge on any atom is -0.406 e. The van der Waals surface area contributed by atoms with Gasteiger partial charge in [-0.2, -0.15) is 0 Å². The van der Waals surface area contributed by atoms with E-state index >= 15 is 0 Å². The van der Waals surface area contributed by atoms with Crippen LogP contribution in [-0.2, 0) is 10.0 Å². The molecule has 2 atom stereocenters. The second-order valence-corrected chi connectivity index (χ2v) is 8.66. The fourth-order valence-corrected chi connectivity index (χ4v) is 4.71. The van der Waals surface area contributed by atoms with E-state index in [1.165, 1.54) is 0 Å². The Balaban J connectivity index is 1.78. The number of ether oxygens (including phenoxy) is 1. The fourth-order valence-electron chi connectivity index (χ4n) is 3.30. The Hall–Kier alpha value is -1.81. The molecule has 1 aliphatic rings. The molecule has 0 bridgehead atoms. The molecule has 152 valence electrons. The Morgan fingerprint density at radius 2 is 1.71 bits per heavy atom. The van der Waals surface area contributed by atoms with E-state index in [4.69, 9.17) is 11.6 Å². The predicted octanol–water partition coefficient (Wildman–Crippen LogP) is 3.96. The lowest BCUT2D eigenvalue weighted by Gasteiger charge is -2.26. The Labute approximate surface area is 166 Å². The van der Waals surface area contributed by atoms with E-state index in [2.05, 4.69) is 9.46 Å². The highest BCUT2D eigenvalue weighted by atomic mass is 35.5. The van der Waals surface area contributed by atoms with Gasteiger partial charge < -0.3 is 4.74 Å². The summed E-state index contributed by atoms with van der Waals surface area (Å²) in [7, 11) is -2.02. The van der Waals surface area contributed by atoms with E-state index in [9.17, 15) is 21.6 Å². The van der Waals surface area contributed by atoms with E-state index < -0.39 is 22.1 Å². The standard InChI is InChI=1S/C18H18ClF3N2O3S/c1-24-11-10-16(17(24)12-2-4-13(19)5-3-12)23-28(25,26)15-8-6-14(7-9-15)27-18(20,21)22/h2-9,16-17,23H,10-11H2,1H3/t16-,17-/m1/s1. The Morgan fingerprint density at radius 3 is 2.29 bits per heavy atom. The van der Waals surface area contributed by atoms with Gasteiger partial charge in [-0.1, -0.05) is 23.7 Å². The highest BCUT2D eigenvalue weighted by Gasteiger charge is 2.36. The molecule has 0 unspecified atom stereocenters. The molecule has 1 fully saturated rings. The Kier molecular flexibility index (Phi) is 5.90. The van der Waals surface area contributed by atoms with Crippen LogP contribution in [-0.4, -0.2) is 39.3 Å². The third-order valence-electron chi connectivity index (χ3n) is 4.53. The zero-order valence-electron chi connectivity index (χ0n) is 14.8. The monoisotopic (exact) mass is 434 g/mol. The molecule has 0 spiro atoms. The van der Waals surface area contributed by atoms with E-state index in [1.807, 2.05) is 24.1 Å². The fraction of sp³-hybridized carbons (Fsp3) is 0.333. The molecule has 1 saturated heterocycles. The number of benzene rings is 2. The van der Waals surface area contributed by atoms with Crippen molar-refractivity contribution in [3.8, 4) is 5.75 Å². The van der Waals surface area contributed by atoms with Crippen LogP contribution >= 0.6 is 11.6 Å². The number of rotatable bonds is 5. The largest absolute Gasteiger partial charge is 0.573 e. The highest BCUT2D eigenvalue weighted by Crippen LogP contribution is 2.33. The summed E-state index contributed by atoms with van der Waals surface area (Å²) in [6, 6.07) is 10.7. The van der Waals surface area contributed by atoms with Crippen LogP contribution in [0.2, 0.25) is 5.02 Å². The summed E-state index contributed by atoms with van der Waals surface area (Å²) in [5.74, 6) is -0.480. The molecule has 0 radical (unpaired) electrons. The minimum atomic E-state index is -4.83. The van der Waals surface area contributed by atoms with Crippen LogP contribution in [0.25, 0.3) is 0 Å². The van der Waals surface area contributed by atoms with Crippen molar-refractivity contribution < 1.29 is 26.3 Å². The SMILES string of the molecule is CN1CC[C@@H](NS(=O)(=O)c2ccc(OC(F)(F)F)cc2)[C@H]1c1ccc(Cl)cc1. The van der Waals surface area contributed by atoms with Gasteiger partial charge in [0, 0.05) is 17.6 Å². The molecule has 2 aromatic rings. The van der Waals surface area contributed by atoms with Gasteiger partial charge >= 0.3 is 6.36 Å². The lowest BCUT2D eigenvalue weighted by atomic mass is 10.0. The minimum absolute atomic E-state index is 0.133. The second-order valence-electron chi connectivity index (χ2n) is 6.51. The van der Waals surface area contributed by atoms with Crippen LogP contribution in [0.15, 0.2) is 53.4 Å². The molecule has 0 aliphatic carbocycles. The lowest BCUT2D eigenvalue weighted by molar-refractivity contribution is -0.274. The van der Waals surface area contributed by atoms with Gasteiger partial charge in [0.1, 0.15) is 5.75 Å². The van der Waals surface area contributed by atoms with E-state index in [0.717, 1.165) is 29.8 Å². The summed E-state index contributed by atoms with van der Waals surface area (Å²) >= 11 is 5.92. The summed E-state index contributed by atoms with van der Waals surface area (Å²) < 4.78 is 68.6. The predicted molar refractivity (Wildman–Crippen MR) is 98.7 cm³/mol. The third kappa shape index (κ3) is 4.96. The van der Waals surface area contributed by atoms with Crippen LogP contribution in [0.5, 0.6) is 5.75 Å². The summed E-state index contributed by atoms with van der Waals surface area (Å²) in [6.45, 7) is 0.693. The average Bonchev–Trinajstić information content (AvgIpc) is 2.94. The first-order valence-corrected chi connectivity index (χ1v) is 10.3. The molecule has 28 heavy (non-hydrogen) atoms. The molecule has 0 saturated carbocycles. The number of likely N-dealkylation sites (tertiary alicyclic amines) is 1. The average molecular weight is 435 g/mol. The molecule has 0 amide bonds. The van der Waals surface area contributed by atoms with Crippen molar-refractivity contribution in [1.82, 2.24) is 9.62 Å². The molecule has 0 aromatic heterocycles. The maximum atomic E-state index is 12.7. The van der Waals surface area contributed by atoms with Crippen LogP contribution in [0.4, 0.5) is 13.2 Å². The highest BCUT2D eigenvalue weighted by molar-refractivity contribution is 7.89. The van der Waals surface area contributed by atoms with Crippen LogP contribution in [0.1, 0.15) is 18.0 Å². The van der Waals surface area contributed by atoms with Crippen molar-refractivity contribution >= 4 is 21.6 Å². The first-order valence-electron chi connectivity index (χ1n) is 8.39. The van der Waals surface area contributed by atoms with Crippen molar-refractivity contribution in [2.24, 2.45) is 0 Å². The van der Waals surface area contributed by atoms with Gasteiger partial charge in [0.05, 0.1) is 10.9 Å². The molecular weight excluding hydrogens is 417 g/mol. The molecular formula is C18H18ClF3N2O3S. The quantitative estimate of drug-likeness (QED) is 0.773. The smallest absolute Gasteiger partial charge is 0.406 e. The van der Waals surface area contributed by atoms with Gasteiger partial charge in [-0.25, -0.2) is 13.1 Å². The second kappa shape index (κ2) is 7.90. The van der Waals surface area contributed by atoms with Crippen molar-refractivity contribution in [2.45, 2.75) is 29.8 Å². The molecule has 1 aliphatic heterocycles. The van der Waals surface area contributed by atoms with Gasteiger partial charge in [0.15, 0.2) is 0 Å². The number of hydrogen-bond donors (Lipinski definition) is 1. The zero-order chi connectivity index (χ0) is 20.5. The molecule has 3 rings (SSSR count). The van der Waals surface area contributed by atoms with Gasteiger partial charge in [-0.05, 0) is 55.4 Å². The lowest BCUT2D eigenvalue weighted by Crippen LogP contribution is -2.38. The summed E-state index contributed by atoms with van der Waals surface area (Å²) in [5, 5.41) is 0.586. The van der Waals surface area contributed by atoms with Crippen molar-refractivity contribution in [1.29, 1.82) is 0 Å². The van der Waals surface area contributed by atoms with E-state index in [1.54, 1.807) is 12.1 Å². The normalized spacial score (nSPS) is 21.0. The molecule has 10 heteroatoms. The number of halogens is 4. The van der Waals surface area contributed by atoms with Crippen molar-refractivity contribution in [3.05, 3.63) is 59.1 Å². The Bertz CT molecular complexity index is 919. The first kappa shape index (κ1) is 20.9. The molecule has 1 heterocycles. The van der Waals surface area contributed by atoms with Gasteiger partial charge in [-0.15, -0.1) is 13.2 Å². The molecule has 5 nitrogen and oxygen atoms in total. The summed E-state index contributed by atoms with van der Waals surface area (Å²) in [5.41, 5.74) is 0.922.